The minimum absolute atomic E-state index is 0.0189. The van der Waals surface area contributed by atoms with Crippen LogP contribution in [0.5, 0.6) is 0 Å². The molecule has 3 amide bonds. The van der Waals surface area contributed by atoms with Gasteiger partial charge in [-0.2, -0.15) is 5.10 Å². The van der Waals surface area contributed by atoms with Gasteiger partial charge in [0.25, 0.3) is 0 Å². The van der Waals surface area contributed by atoms with Gasteiger partial charge in [-0.1, -0.05) is 60.7 Å². The zero-order chi connectivity index (χ0) is 28.6. The summed E-state index contributed by atoms with van der Waals surface area (Å²) in [4.78, 5) is 28.1. The van der Waals surface area contributed by atoms with E-state index in [4.69, 9.17) is 0 Å². The zero-order valence-corrected chi connectivity index (χ0v) is 23.9. The van der Waals surface area contributed by atoms with E-state index in [1.807, 2.05) is 85.1 Å². The van der Waals surface area contributed by atoms with Crippen molar-refractivity contribution in [2.75, 3.05) is 6.54 Å². The summed E-state index contributed by atoms with van der Waals surface area (Å²) < 4.78 is 1.89. The molecule has 1 aliphatic heterocycles. The number of hydrogen-bond acceptors (Lipinski definition) is 3. The third-order valence-corrected chi connectivity index (χ3v) is 8.00. The molecule has 2 N–H and O–H groups in total. The van der Waals surface area contributed by atoms with E-state index >= 15 is 0 Å². The van der Waals surface area contributed by atoms with Gasteiger partial charge in [0.1, 0.15) is 0 Å². The summed E-state index contributed by atoms with van der Waals surface area (Å²) in [7, 11) is 0. The SMILES string of the molecule is CC(C)(C)NC(=O)N1CCc2c(-c3cnn(-c4ccccc4)c3)ccc(CNC(=O)C3C[C@H]3c3ccccc3)c2C1. The fourth-order valence-corrected chi connectivity index (χ4v) is 5.80. The summed E-state index contributed by atoms with van der Waals surface area (Å²) in [5, 5.41) is 10.9. The number of nitrogens with zero attached hydrogens (tertiary/aromatic N) is 3. The monoisotopic (exact) mass is 547 g/mol. The second kappa shape index (κ2) is 10.9. The van der Waals surface area contributed by atoms with Crippen molar-refractivity contribution in [3.63, 3.8) is 0 Å². The Labute approximate surface area is 241 Å². The molecule has 2 heterocycles. The highest BCUT2D eigenvalue weighted by Gasteiger charge is 2.43. The van der Waals surface area contributed by atoms with E-state index < -0.39 is 0 Å². The minimum Gasteiger partial charge on any atom is -0.352 e. The van der Waals surface area contributed by atoms with Gasteiger partial charge < -0.3 is 15.5 Å². The predicted octanol–water partition coefficient (Wildman–Crippen LogP) is 5.83. The Balaban J connectivity index is 1.25. The maximum Gasteiger partial charge on any atom is 0.318 e. The molecule has 41 heavy (non-hydrogen) atoms. The van der Waals surface area contributed by atoms with Crippen LogP contribution in [0.25, 0.3) is 16.8 Å². The number of carbonyl (C=O) groups excluding carboxylic acids is 2. The van der Waals surface area contributed by atoms with Crippen molar-refractivity contribution in [3.8, 4) is 16.8 Å². The molecule has 0 bridgehead atoms. The van der Waals surface area contributed by atoms with Crippen molar-refractivity contribution in [1.29, 1.82) is 0 Å². The third kappa shape index (κ3) is 5.89. The predicted molar refractivity (Wildman–Crippen MR) is 161 cm³/mol. The standard InChI is InChI=1S/C34H37N5O2/c1-34(2,3)37-33(41)38-17-16-28-27(25-20-36-39(21-25)26-12-8-5-9-13-26)15-14-24(31(28)22-38)19-35-32(40)30-18-29(30)23-10-6-4-7-11-23/h4-15,20-21,29-30H,16-19,22H2,1-3H3,(H,35,40)(H,37,41)/t29-,30?/m0/s1. The van der Waals surface area contributed by atoms with E-state index in [1.54, 1.807) is 0 Å². The zero-order valence-electron chi connectivity index (χ0n) is 23.9. The van der Waals surface area contributed by atoms with Crippen molar-refractivity contribution in [1.82, 2.24) is 25.3 Å². The largest absolute Gasteiger partial charge is 0.352 e. The molecule has 0 saturated heterocycles. The molecule has 3 aromatic carbocycles. The highest BCUT2D eigenvalue weighted by molar-refractivity contribution is 5.83. The normalized spacial score (nSPS) is 18.0. The lowest BCUT2D eigenvalue weighted by Crippen LogP contribution is -2.50. The molecular weight excluding hydrogens is 510 g/mol. The van der Waals surface area contributed by atoms with Crippen molar-refractivity contribution in [2.24, 2.45) is 5.92 Å². The molecule has 6 rings (SSSR count). The van der Waals surface area contributed by atoms with Gasteiger partial charge in [0, 0.05) is 42.9 Å². The van der Waals surface area contributed by atoms with Crippen molar-refractivity contribution < 1.29 is 9.59 Å². The van der Waals surface area contributed by atoms with E-state index in [0.29, 0.717) is 25.6 Å². The van der Waals surface area contributed by atoms with Crippen LogP contribution in [-0.2, 0) is 24.3 Å². The molecule has 210 valence electrons. The van der Waals surface area contributed by atoms with Crippen LogP contribution < -0.4 is 10.6 Å². The third-order valence-electron chi connectivity index (χ3n) is 8.00. The lowest BCUT2D eigenvalue weighted by Gasteiger charge is -2.34. The quantitative estimate of drug-likeness (QED) is 0.319. The Morgan fingerprint density at radius 1 is 0.951 bits per heavy atom. The van der Waals surface area contributed by atoms with E-state index in [-0.39, 0.29) is 23.4 Å². The summed E-state index contributed by atoms with van der Waals surface area (Å²) in [6.45, 7) is 7.55. The Morgan fingerprint density at radius 3 is 2.41 bits per heavy atom. The average molecular weight is 548 g/mol. The maximum absolute atomic E-state index is 13.1. The Hall–Kier alpha value is -4.39. The fourth-order valence-electron chi connectivity index (χ4n) is 5.80. The van der Waals surface area contributed by atoms with Crippen LogP contribution in [0.3, 0.4) is 0 Å². The highest BCUT2D eigenvalue weighted by atomic mass is 16.2. The van der Waals surface area contributed by atoms with Gasteiger partial charge in [0.2, 0.25) is 5.91 Å². The summed E-state index contributed by atoms with van der Waals surface area (Å²) in [5.74, 6) is 0.412. The van der Waals surface area contributed by atoms with Crippen LogP contribution in [0, 0.1) is 5.92 Å². The Bertz CT molecular complexity index is 1560. The molecule has 0 spiro atoms. The average Bonchev–Trinajstić information content (AvgIpc) is 3.63. The first kappa shape index (κ1) is 26.8. The van der Waals surface area contributed by atoms with Crippen molar-refractivity contribution >= 4 is 11.9 Å². The van der Waals surface area contributed by atoms with Crippen LogP contribution in [0.15, 0.2) is 85.2 Å². The highest BCUT2D eigenvalue weighted by Crippen LogP contribution is 2.47. The summed E-state index contributed by atoms with van der Waals surface area (Å²) in [6, 6.07) is 24.5. The molecule has 1 aliphatic carbocycles. The number of carbonyl (C=O) groups is 2. The van der Waals surface area contributed by atoms with Gasteiger partial charge in [0.05, 0.1) is 11.9 Å². The summed E-state index contributed by atoms with van der Waals surface area (Å²) in [6.07, 6.45) is 5.58. The second-order valence-corrected chi connectivity index (χ2v) is 12.2. The van der Waals surface area contributed by atoms with Crippen LogP contribution in [0.1, 0.15) is 55.4 Å². The molecule has 1 aromatic heterocycles. The number of amides is 3. The molecule has 0 radical (unpaired) electrons. The van der Waals surface area contributed by atoms with Gasteiger partial charge in [-0.3, -0.25) is 4.79 Å². The van der Waals surface area contributed by atoms with Crippen LogP contribution in [0.4, 0.5) is 4.79 Å². The van der Waals surface area contributed by atoms with Crippen LogP contribution in [-0.4, -0.2) is 38.7 Å². The summed E-state index contributed by atoms with van der Waals surface area (Å²) >= 11 is 0. The van der Waals surface area contributed by atoms with Gasteiger partial charge in [0.15, 0.2) is 0 Å². The van der Waals surface area contributed by atoms with E-state index in [1.165, 1.54) is 11.1 Å². The summed E-state index contributed by atoms with van der Waals surface area (Å²) in [5.41, 5.74) is 7.46. The van der Waals surface area contributed by atoms with Gasteiger partial charge in [-0.15, -0.1) is 0 Å². The fraction of sp³-hybridized carbons (Fsp3) is 0.324. The molecule has 1 saturated carbocycles. The van der Waals surface area contributed by atoms with Gasteiger partial charge in [-0.25, -0.2) is 9.48 Å². The van der Waals surface area contributed by atoms with Crippen molar-refractivity contribution in [3.05, 3.63) is 107 Å². The first-order valence-electron chi connectivity index (χ1n) is 14.4. The molecule has 7 heteroatoms. The molecule has 7 nitrogen and oxygen atoms in total. The molecule has 1 fully saturated rings. The van der Waals surface area contributed by atoms with Crippen molar-refractivity contribution in [2.45, 2.75) is 58.2 Å². The first-order chi connectivity index (χ1) is 19.8. The van der Waals surface area contributed by atoms with E-state index in [2.05, 4.69) is 46.2 Å². The van der Waals surface area contributed by atoms with Gasteiger partial charge >= 0.3 is 6.03 Å². The topological polar surface area (TPSA) is 79.3 Å². The second-order valence-electron chi connectivity index (χ2n) is 12.2. The molecule has 1 unspecified atom stereocenters. The maximum atomic E-state index is 13.1. The Morgan fingerprint density at radius 2 is 1.68 bits per heavy atom. The number of nitrogens with one attached hydrogen (secondary N) is 2. The number of benzene rings is 3. The van der Waals surface area contributed by atoms with E-state index in [9.17, 15) is 9.59 Å². The minimum atomic E-state index is -0.318. The molecule has 2 aliphatic rings. The molecular formula is C34H37N5O2. The lowest BCUT2D eigenvalue weighted by molar-refractivity contribution is -0.122. The van der Waals surface area contributed by atoms with Crippen LogP contribution >= 0.6 is 0 Å². The lowest BCUT2D eigenvalue weighted by atomic mass is 9.88. The number of fused-ring (bicyclic) bond motifs is 1. The number of rotatable bonds is 6. The number of hydrogen-bond donors (Lipinski definition) is 2. The van der Waals surface area contributed by atoms with E-state index in [0.717, 1.165) is 40.8 Å². The molecule has 4 aromatic rings. The van der Waals surface area contributed by atoms with Crippen LogP contribution in [0.2, 0.25) is 0 Å². The Kier molecular flexibility index (Phi) is 7.12. The van der Waals surface area contributed by atoms with Gasteiger partial charge in [-0.05, 0) is 79.5 Å². The molecule has 2 atom stereocenters. The number of urea groups is 1. The first-order valence-corrected chi connectivity index (χ1v) is 14.4. The number of aromatic nitrogens is 2. The number of para-hydroxylation sites is 1. The smallest absolute Gasteiger partial charge is 0.318 e.